The van der Waals surface area contributed by atoms with Gasteiger partial charge in [-0.1, -0.05) is 54.6 Å². The number of aromatic nitrogens is 2. The first-order valence-corrected chi connectivity index (χ1v) is 12.1. The Kier molecular flexibility index (Phi) is 4.64. The standard InChI is InChI=1S/C26H25N3OS/c30-25(29(20-13-14-20)24-12-6-10-18-7-4-5-11-22(18)24)15-21-17-31-26-27-23(16-28(21)26)19-8-2-1-3-9-19/h1-5,7-9,11,16-17,20,24H,6,10,12-15H2. The molecule has 1 fully saturated rings. The van der Waals surface area contributed by atoms with Crippen molar-refractivity contribution in [1.29, 1.82) is 0 Å². The number of hydrogen-bond donors (Lipinski definition) is 0. The van der Waals surface area contributed by atoms with E-state index in [-0.39, 0.29) is 11.9 Å². The number of aryl methyl sites for hydroxylation is 1. The zero-order chi connectivity index (χ0) is 20.8. The van der Waals surface area contributed by atoms with Crippen LogP contribution in [0.4, 0.5) is 0 Å². The lowest BCUT2D eigenvalue weighted by molar-refractivity contribution is -0.134. The molecule has 4 nitrogen and oxygen atoms in total. The summed E-state index contributed by atoms with van der Waals surface area (Å²) >= 11 is 1.61. The van der Waals surface area contributed by atoms with E-state index < -0.39 is 0 Å². The number of amides is 1. The monoisotopic (exact) mass is 427 g/mol. The molecule has 156 valence electrons. The fraction of sp³-hybridized carbons (Fsp3) is 0.308. The predicted molar refractivity (Wildman–Crippen MR) is 124 cm³/mol. The van der Waals surface area contributed by atoms with Gasteiger partial charge in [-0.25, -0.2) is 4.98 Å². The summed E-state index contributed by atoms with van der Waals surface area (Å²) in [4.78, 5) is 21.6. The molecule has 1 unspecified atom stereocenters. The molecular weight excluding hydrogens is 402 g/mol. The Morgan fingerprint density at radius 3 is 2.71 bits per heavy atom. The number of nitrogens with zero attached hydrogens (tertiary/aromatic N) is 3. The fourth-order valence-electron chi connectivity index (χ4n) is 4.95. The molecule has 6 rings (SSSR count). The number of fused-ring (bicyclic) bond motifs is 2. The third kappa shape index (κ3) is 3.47. The molecule has 2 aromatic heterocycles. The van der Waals surface area contributed by atoms with Gasteiger partial charge < -0.3 is 4.90 Å². The number of hydrogen-bond acceptors (Lipinski definition) is 3. The van der Waals surface area contributed by atoms with E-state index in [9.17, 15) is 4.79 Å². The molecule has 31 heavy (non-hydrogen) atoms. The van der Waals surface area contributed by atoms with Crippen molar-refractivity contribution in [1.82, 2.24) is 14.3 Å². The third-order valence-electron chi connectivity index (χ3n) is 6.59. The van der Waals surface area contributed by atoms with Gasteiger partial charge in [-0.15, -0.1) is 11.3 Å². The van der Waals surface area contributed by atoms with E-state index in [2.05, 4.69) is 57.3 Å². The van der Waals surface area contributed by atoms with Gasteiger partial charge >= 0.3 is 0 Å². The maximum Gasteiger partial charge on any atom is 0.229 e. The van der Waals surface area contributed by atoms with E-state index >= 15 is 0 Å². The third-order valence-corrected chi connectivity index (χ3v) is 7.48. The summed E-state index contributed by atoms with van der Waals surface area (Å²) in [5.41, 5.74) is 5.88. The number of rotatable bonds is 5. The van der Waals surface area contributed by atoms with Crippen LogP contribution in [0.3, 0.4) is 0 Å². The lowest BCUT2D eigenvalue weighted by atomic mass is 9.86. The molecule has 2 heterocycles. The van der Waals surface area contributed by atoms with Gasteiger partial charge in [0, 0.05) is 28.9 Å². The molecule has 2 aromatic carbocycles. The number of thiazole rings is 1. The van der Waals surface area contributed by atoms with Crippen LogP contribution in [-0.4, -0.2) is 26.2 Å². The van der Waals surface area contributed by atoms with Crippen molar-refractivity contribution in [3.63, 3.8) is 0 Å². The summed E-state index contributed by atoms with van der Waals surface area (Å²) in [5, 5.41) is 2.09. The van der Waals surface area contributed by atoms with Gasteiger partial charge in [0.1, 0.15) is 0 Å². The van der Waals surface area contributed by atoms with Crippen molar-refractivity contribution in [3.05, 3.63) is 83.0 Å². The summed E-state index contributed by atoms with van der Waals surface area (Å²) in [6.45, 7) is 0. The quantitative estimate of drug-likeness (QED) is 0.411. The van der Waals surface area contributed by atoms with Crippen molar-refractivity contribution in [2.75, 3.05) is 0 Å². The Bertz CT molecular complexity index is 1240. The van der Waals surface area contributed by atoms with Gasteiger partial charge in [-0.3, -0.25) is 9.20 Å². The van der Waals surface area contributed by atoms with Gasteiger partial charge in [0.15, 0.2) is 4.96 Å². The first-order valence-electron chi connectivity index (χ1n) is 11.2. The molecule has 0 N–H and O–H groups in total. The van der Waals surface area contributed by atoms with Crippen LogP contribution in [-0.2, 0) is 17.6 Å². The second kappa shape index (κ2) is 7.65. The number of imidazole rings is 1. The number of carbonyl (C=O) groups is 1. The second-order valence-corrected chi connectivity index (χ2v) is 9.52. The van der Waals surface area contributed by atoms with Crippen molar-refractivity contribution in [2.24, 2.45) is 0 Å². The Hall–Kier alpha value is -2.92. The van der Waals surface area contributed by atoms with Gasteiger partial charge in [0.25, 0.3) is 0 Å². The van der Waals surface area contributed by atoms with Crippen LogP contribution in [0.1, 0.15) is 48.5 Å². The average molecular weight is 428 g/mol. The van der Waals surface area contributed by atoms with Crippen LogP contribution in [0.5, 0.6) is 0 Å². The van der Waals surface area contributed by atoms with E-state index in [4.69, 9.17) is 4.98 Å². The lowest BCUT2D eigenvalue weighted by Gasteiger charge is -2.36. The van der Waals surface area contributed by atoms with Crippen LogP contribution < -0.4 is 0 Å². The van der Waals surface area contributed by atoms with Gasteiger partial charge in [0.05, 0.1) is 18.2 Å². The normalized spacial score (nSPS) is 18.1. The summed E-state index contributed by atoms with van der Waals surface area (Å²) in [6.07, 6.45) is 8.12. The highest BCUT2D eigenvalue weighted by molar-refractivity contribution is 7.15. The zero-order valence-electron chi connectivity index (χ0n) is 17.4. The minimum atomic E-state index is 0.224. The molecule has 4 aromatic rings. The zero-order valence-corrected chi connectivity index (χ0v) is 18.2. The number of carbonyl (C=O) groups excluding carboxylic acids is 1. The maximum atomic E-state index is 13.6. The summed E-state index contributed by atoms with van der Waals surface area (Å²) in [5.74, 6) is 0.249. The molecule has 1 amide bonds. The first kappa shape index (κ1) is 18.8. The molecule has 0 bridgehead atoms. The van der Waals surface area contributed by atoms with Crippen molar-refractivity contribution >= 4 is 22.2 Å². The SMILES string of the molecule is O=C(Cc1csc2nc(-c3ccccc3)cn12)N(C1CC1)C1CCCc2ccccc21. The topological polar surface area (TPSA) is 37.6 Å². The largest absolute Gasteiger partial charge is 0.332 e. The summed E-state index contributed by atoms with van der Waals surface area (Å²) < 4.78 is 2.10. The second-order valence-electron chi connectivity index (χ2n) is 8.69. The highest BCUT2D eigenvalue weighted by Crippen LogP contribution is 2.41. The maximum absolute atomic E-state index is 13.6. The summed E-state index contributed by atoms with van der Waals surface area (Å²) in [7, 11) is 0. The van der Waals surface area contributed by atoms with Gasteiger partial charge in [0.2, 0.25) is 5.91 Å². The van der Waals surface area contributed by atoms with Crippen molar-refractivity contribution < 1.29 is 4.79 Å². The minimum absolute atomic E-state index is 0.224. The van der Waals surface area contributed by atoms with Crippen molar-refractivity contribution in [3.8, 4) is 11.3 Å². The summed E-state index contributed by atoms with van der Waals surface area (Å²) in [6, 6.07) is 19.6. The molecule has 0 saturated heterocycles. The molecule has 5 heteroatoms. The van der Waals surface area contributed by atoms with Crippen LogP contribution in [0.25, 0.3) is 16.2 Å². The highest BCUT2D eigenvalue weighted by atomic mass is 32.1. The molecule has 0 aliphatic heterocycles. The molecule has 0 radical (unpaired) electrons. The van der Waals surface area contributed by atoms with Crippen LogP contribution in [0.15, 0.2) is 66.2 Å². The number of benzene rings is 2. The van der Waals surface area contributed by atoms with Crippen LogP contribution >= 0.6 is 11.3 Å². The van der Waals surface area contributed by atoms with E-state index in [1.807, 2.05) is 18.2 Å². The fourth-order valence-corrected chi connectivity index (χ4v) is 5.83. The molecule has 2 aliphatic rings. The van der Waals surface area contributed by atoms with Crippen LogP contribution in [0, 0.1) is 0 Å². The Morgan fingerprint density at radius 1 is 1.06 bits per heavy atom. The first-order chi connectivity index (χ1) is 15.3. The molecular formula is C26H25N3OS. The van der Waals surface area contributed by atoms with E-state index in [0.29, 0.717) is 12.5 Å². The molecule has 1 atom stereocenters. The Labute approximate surface area is 186 Å². The highest BCUT2D eigenvalue weighted by Gasteiger charge is 2.39. The minimum Gasteiger partial charge on any atom is -0.332 e. The molecule has 1 saturated carbocycles. The Balaban J connectivity index is 1.30. The Morgan fingerprint density at radius 2 is 1.87 bits per heavy atom. The van der Waals surface area contributed by atoms with Gasteiger partial charge in [-0.05, 0) is 43.2 Å². The van der Waals surface area contributed by atoms with E-state index in [0.717, 1.165) is 54.0 Å². The predicted octanol–water partition coefficient (Wildman–Crippen LogP) is 5.67. The lowest BCUT2D eigenvalue weighted by Crippen LogP contribution is -2.39. The van der Waals surface area contributed by atoms with Gasteiger partial charge in [-0.2, -0.15) is 0 Å². The average Bonchev–Trinajstić information content (AvgIpc) is 3.43. The van der Waals surface area contributed by atoms with Crippen molar-refractivity contribution in [2.45, 2.75) is 50.6 Å². The van der Waals surface area contributed by atoms with Crippen LogP contribution in [0.2, 0.25) is 0 Å². The smallest absolute Gasteiger partial charge is 0.229 e. The van der Waals surface area contributed by atoms with E-state index in [1.165, 1.54) is 11.1 Å². The molecule has 0 spiro atoms. The molecule has 2 aliphatic carbocycles. The van der Waals surface area contributed by atoms with E-state index in [1.54, 1.807) is 11.3 Å².